The lowest BCUT2D eigenvalue weighted by atomic mass is 10.3. The minimum atomic E-state index is 0.0398. The van der Waals surface area contributed by atoms with E-state index >= 15 is 0 Å². The minimum absolute atomic E-state index is 0.0398. The molecule has 5 heteroatoms. The molecule has 0 atom stereocenters. The predicted octanol–water partition coefficient (Wildman–Crippen LogP) is 0.0201. The molecule has 0 spiro atoms. The highest BCUT2D eigenvalue weighted by atomic mass is 16.1. The zero-order chi connectivity index (χ0) is 11.1. The Hall–Kier alpha value is -1.36. The van der Waals surface area contributed by atoms with Gasteiger partial charge >= 0.3 is 0 Å². The summed E-state index contributed by atoms with van der Waals surface area (Å²) in [4.78, 5) is 13.5. The highest BCUT2D eigenvalue weighted by Crippen LogP contribution is 1.92. The molecule has 0 fully saturated rings. The first-order valence-electron chi connectivity index (χ1n) is 5.08. The molecule has 84 valence electrons. The number of rotatable bonds is 6. The summed E-state index contributed by atoms with van der Waals surface area (Å²) in [6, 6.07) is 1.80. The van der Waals surface area contributed by atoms with Gasteiger partial charge in [0.25, 0.3) is 0 Å². The number of amides is 1. The Balaban J connectivity index is 2.09. The smallest absolute Gasteiger partial charge is 0.225 e. The van der Waals surface area contributed by atoms with Crippen LogP contribution in [0.15, 0.2) is 12.3 Å². The topological polar surface area (TPSA) is 61.0 Å². The number of carbonyl (C=O) groups excluding carboxylic acids is 1. The average Bonchev–Trinajstić information content (AvgIpc) is 2.64. The molecule has 1 aromatic heterocycles. The Kier molecular flexibility index (Phi) is 4.83. The van der Waals surface area contributed by atoms with Crippen molar-refractivity contribution in [1.29, 1.82) is 0 Å². The van der Waals surface area contributed by atoms with E-state index in [9.17, 15) is 4.79 Å². The molecule has 1 amide bonds. The van der Waals surface area contributed by atoms with E-state index in [-0.39, 0.29) is 5.91 Å². The maximum absolute atomic E-state index is 11.4. The third-order valence-electron chi connectivity index (χ3n) is 2.01. The molecule has 0 aliphatic heterocycles. The lowest BCUT2D eigenvalue weighted by Crippen LogP contribution is -2.28. The Bertz CT molecular complexity index is 282. The van der Waals surface area contributed by atoms with E-state index in [0.717, 1.165) is 25.2 Å². The van der Waals surface area contributed by atoms with E-state index in [4.69, 9.17) is 0 Å². The number of hydrogen-bond donors (Lipinski definition) is 2. The first kappa shape index (κ1) is 11.7. The summed E-state index contributed by atoms with van der Waals surface area (Å²) in [5.74, 6) is 0.0398. The fourth-order valence-corrected chi connectivity index (χ4v) is 1.24. The fourth-order valence-electron chi connectivity index (χ4n) is 1.24. The van der Waals surface area contributed by atoms with Gasteiger partial charge in [-0.25, -0.2) is 0 Å². The summed E-state index contributed by atoms with van der Waals surface area (Å²) in [6.07, 6.45) is 3.00. The number of nitrogens with one attached hydrogen (secondary N) is 2. The van der Waals surface area contributed by atoms with Crippen LogP contribution in [0.25, 0.3) is 0 Å². The van der Waals surface area contributed by atoms with Crippen LogP contribution < -0.4 is 5.32 Å². The third-order valence-corrected chi connectivity index (χ3v) is 2.01. The van der Waals surface area contributed by atoms with Gasteiger partial charge in [0.15, 0.2) is 0 Å². The predicted molar refractivity (Wildman–Crippen MR) is 58.5 cm³/mol. The molecule has 0 aliphatic rings. The zero-order valence-corrected chi connectivity index (χ0v) is 9.29. The molecule has 0 unspecified atom stereocenters. The van der Waals surface area contributed by atoms with Gasteiger partial charge in [-0.15, -0.1) is 0 Å². The number of aromatic nitrogens is 2. The third kappa shape index (κ3) is 5.17. The number of H-pyrrole nitrogens is 1. The van der Waals surface area contributed by atoms with Crippen molar-refractivity contribution in [3.63, 3.8) is 0 Å². The summed E-state index contributed by atoms with van der Waals surface area (Å²) < 4.78 is 0. The van der Waals surface area contributed by atoms with Gasteiger partial charge < -0.3 is 10.2 Å². The van der Waals surface area contributed by atoms with E-state index < -0.39 is 0 Å². The Labute approximate surface area is 89.9 Å². The van der Waals surface area contributed by atoms with E-state index in [0.29, 0.717) is 6.42 Å². The maximum atomic E-state index is 11.4. The summed E-state index contributed by atoms with van der Waals surface area (Å²) in [7, 11) is 4.04. The van der Waals surface area contributed by atoms with Gasteiger partial charge in [0.1, 0.15) is 0 Å². The molecule has 0 bridgehead atoms. The van der Waals surface area contributed by atoms with Crippen molar-refractivity contribution in [3.05, 3.63) is 18.0 Å². The summed E-state index contributed by atoms with van der Waals surface area (Å²) in [5.41, 5.74) is 0.847. The van der Waals surface area contributed by atoms with Crippen LogP contribution in [0.1, 0.15) is 12.1 Å². The first-order valence-corrected chi connectivity index (χ1v) is 5.08. The summed E-state index contributed by atoms with van der Waals surface area (Å²) in [5, 5.41) is 9.40. The molecule has 0 radical (unpaired) electrons. The number of hydrogen-bond acceptors (Lipinski definition) is 3. The molecule has 0 saturated heterocycles. The SMILES string of the molecule is CN(C)CCCNC(=O)Cc1ccn[nH]1. The summed E-state index contributed by atoms with van der Waals surface area (Å²) in [6.45, 7) is 1.72. The Morgan fingerprint density at radius 3 is 3.00 bits per heavy atom. The molecule has 1 heterocycles. The molecule has 5 nitrogen and oxygen atoms in total. The second-order valence-corrected chi connectivity index (χ2v) is 3.77. The quantitative estimate of drug-likeness (QED) is 0.651. The van der Waals surface area contributed by atoms with Gasteiger partial charge in [-0.2, -0.15) is 5.10 Å². The van der Waals surface area contributed by atoms with Crippen molar-refractivity contribution in [1.82, 2.24) is 20.4 Å². The van der Waals surface area contributed by atoms with E-state index in [1.165, 1.54) is 0 Å². The lowest BCUT2D eigenvalue weighted by Gasteiger charge is -2.09. The monoisotopic (exact) mass is 210 g/mol. The average molecular weight is 210 g/mol. The molecule has 1 aromatic rings. The molecule has 15 heavy (non-hydrogen) atoms. The Morgan fingerprint density at radius 2 is 2.40 bits per heavy atom. The van der Waals surface area contributed by atoms with Crippen molar-refractivity contribution < 1.29 is 4.79 Å². The second-order valence-electron chi connectivity index (χ2n) is 3.77. The molecule has 0 saturated carbocycles. The standard InChI is InChI=1S/C10H18N4O/c1-14(2)7-3-5-11-10(15)8-9-4-6-12-13-9/h4,6H,3,5,7-8H2,1-2H3,(H,11,15)(H,12,13). The molecular formula is C10H18N4O. The van der Waals surface area contributed by atoms with Gasteiger partial charge in [-0.1, -0.05) is 0 Å². The van der Waals surface area contributed by atoms with Crippen LogP contribution in [0.2, 0.25) is 0 Å². The van der Waals surface area contributed by atoms with Crippen molar-refractivity contribution in [2.75, 3.05) is 27.2 Å². The van der Waals surface area contributed by atoms with Crippen molar-refractivity contribution >= 4 is 5.91 Å². The van der Waals surface area contributed by atoms with Gasteiger partial charge in [-0.05, 0) is 33.1 Å². The first-order chi connectivity index (χ1) is 7.18. The van der Waals surface area contributed by atoms with E-state index in [1.54, 1.807) is 12.3 Å². The normalized spacial score (nSPS) is 10.6. The van der Waals surface area contributed by atoms with Crippen LogP contribution in [0, 0.1) is 0 Å². The lowest BCUT2D eigenvalue weighted by molar-refractivity contribution is -0.120. The largest absolute Gasteiger partial charge is 0.356 e. The minimum Gasteiger partial charge on any atom is -0.356 e. The van der Waals surface area contributed by atoms with E-state index in [2.05, 4.69) is 20.4 Å². The zero-order valence-electron chi connectivity index (χ0n) is 9.29. The number of nitrogens with zero attached hydrogens (tertiary/aromatic N) is 2. The van der Waals surface area contributed by atoms with Crippen LogP contribution in [-0.2, 0) is 11.2 Å². The van der Waals surface area contributed by atoms with Crippen molar-refractivity contribution in [2.24, 2.45) is 0 Å². The van der Waals surface area contributed by atoms with Gasteiger partial charge in [0.2, 0.25) is 5.91 Å². The van der Waals surface area contributed by atoms with Crippen LogP contribution in [0.5, 0.6) is 0 Å². The number of aromatic amines is 1. The summed E-state index contributed by atoms with van der Waals surface area (Å²) >= 11 is 0. The van der Waals surface area contributed by atoms with Crippen LogP contribution >= 0.6 is 0 Å². The van der Waals surface area contributed by atoms with Gasteiger partial charge in [-0.3, -0.25) is 9.89 Å². The maximum Gasteiger partial charge on any atom is 0.225 e. The van der Waals surface area contributed by atoms with E-state index in [1.807, 2.05) is 14.1 Å². The van der Waals surface area contributed by atoms with Crippen LogP contribution in [0.4, 0.5) is 0 Å². The van der Waals surface area contributed by atoms with Crippen LogP contribution in [0.3, 0.4) is 0 Å². The van der Waals surface area contributed by atoms with Crippen molar-refractivity contribution in [3.8, 4) is 0 Å². The highest BCUT2D eigenvalue weighted by molar-refractivity contribution is 5.77. The number of carbonyl (C=O) groups is 1. The molecule has 0 aromatic carbocycles. The molecule has 0 aliphatic carbocycles. The van der Waals surface area contributed by atoms with Gasteiger partial charge in [0, 0.05) is 18.4 Å². The molecular weight excluding hydrogens is 192 g/mol. The second kappa shape index (κ2) is 6.19. The Morgan fingerprint density at radius 1 is 1.60 bits per heavy atom. The fraction of sp³-hybridized carbons (Fsp3) is 0.600. The molecule has 2 N–H and O–H groups in total. The van der Waals surface area contributed by atoms with Gasteiger partial charge in [0.05, 0.1) is 6.42 Å². The molecule has 1 rings (SSSR count). The van der Waals surface area contributed by atoms with Crippen LogP contribution in [-0.4, -0.2) is 48.2 Å². The van der Waals surface area contributed by atoms with Crippen molar-refractivity contribution in [2.45, 2.75) is 12.8 Å². The highest BCUT2D eigenvalue weighted by Gasteiger charge is 2.03.